The van der Waals surface area contributed by atoms with Crippen molar-refractivity contribution in [3.8, 4) is 0 Å². The van der Waals surface area contributed by atoms with Crippen LogP contribution in [0.5, 0.6) is 0 Å². The van der Waals surface area contributed by atoms with Crippen LogP contribution in [-0.2, 0) is 17.8 Å². The topological polar surface area (TPSA) is 49.3 Å². The molecule has 2 rings (SSSR count). The zero-order valence-electron chi connectivity index (χ0n) is 12.2. The summed E-state index contributed by atoms with van der Waals surface area (Å²) in [5.74, 6) is 0.0761. The Morgan fingerprint density at radius 1 is 1.35 bits per heavy atom. The summed E-state index contributed by atoms with van der Waals surface area (Å²) in [7, 11) is 0. The van der Waals surface area contributed by atoms with E-state index in [2.05, 4.69) is 18.3 Å². The predicted octanol–water partition coefficient (Wildman–Crippen LogP) is 3.82. The first-order valence-electron chi connectivity index (χ1n) is 7.71. The third kappa shape index (κ3) is 4.60. The van der Waals surface area contributed by atoms with Crippen molar-refractivity contribution in [1.82, 2.24) is 5.32 Å². The molecule has 1 saturated carbocycles. The van der Waals surface area contributed by atoms with Crippen LogP contribution in [0.4, 0.5) is 0 Å². The number of hydrogen-bond donors (Lipinski definition) is 2. The van der Waals surface area contributed by atoms with Crippen molar-refractivity contribution in [2.45, 2.75) is 64.5 Å². The highest BCUT2D eigenvalue weighted by molar-refractivity contribution is 7.12. The number of rotatable bonds is 7. The highest BCUT2D eigenvalue weighted by atomic mass is 32.1. The highest BCUT2D eigenvalue weighted by Gasteiger charge is 2.21. The lowest BCUT2D eigenvalue weighted by molar-refractivity contribution is -0.136. The van der Waals surface area contributed by atoms with E-state index in [1.54, 1.807) is 11.3 Å². The largest absolute Gasteiger partial charge is 0.481 e. The Balaban J connectivity index is 1.82. The van der Waals surface area contributed by atoms with Crippen LogP contribution in [-0.4, -0.2) is 17.1 Å². The van der Waals surface area contributed by atoms with Gasteiger partial charge in [-0.25, -0.2) is 0 Å². The lowest BCUT2D eigenvalue weighted by Crippen LogP contribution is -2.36. The molecule has 0 saturated heterocycles. The van der Waals surface area contributed by atoms with Gasteiger partial charge >= 0.3 is 5.97 Å². The fourth-order valence-electron chi connectivity index (χ4n) is 3.17. The van der Waals surface area contributed by atoms with Crippen LogP contribution < -0.4 is 5.32 Å². The third-order valence-electron chi connectivity index (χ3n) is 4.24. The van der Waals surface area contributed by atoms with Crippen LogP contribution in [0.15, 0.2) is 12.1 Å². The molecule has 1 unspecified atom stereocenters. The maximum absolute atomic E-state index is 10.7. The average Bonchev–Trinajstić information content (AvgIpc) is 2.87. The summed E-state index contributed by atoms with van der Waals surface area (Å²) in [6.07, 6.45) is 8.20. The molecular weight excluding hydrogens is 270 g/mol. The van der Waals surface area contributed by atoms with Gasteiger partial charge in [0.05, 0.1) is 6.42 Å². The number of nitrogens with one attached hydrogen (secondary N) is 1. The van der Waals surface area contributed by atoms with Gasteiger partial charge in [-0.2, -0.15) is 0 Å². The maximum atomic E-state index is 10.7. The average molecular weight is 295 g/mol. The standard InChI is InChI=1S/C16H25NO2S/c1-2-15(12-6-4-3-5-7-12)17-11-14-9-8-13(20-14)10-16(18)19/h8-9,12,15,17H,2-7,10-11H2,1H3,(H,18,19). The van der Waals surface area contributed by atoms with E-state index >= 15 is 0 Å². The van der Waals surface area contributed by atoms with Gasteiger partial charge in [-0.1, -0.05) is 26.2 Å². The third-order valence-corrected chi connectivity index (χ3v) is 5.33. The number of carbonyl (C=O) groups is 1. The maximum Gasteiger partial charge on any atom is 0.308 e. The first kappa shape index (κ1) is 15.5. The molecule has 4 heteroatoms. The molecule has 1 aromatic rings. The summed E-state index contributed by atoms with van der Waals surface area (Å²) < 4.78 is 0. The van der Waals surface area contributed by atoms with E-state index in [0.29, 0.717) is 6.04 Å². The second-order valence-electron chi connectivity index (χ2n) is 5.73. The molecule has 2 N–H and O–H groups in total. The van der Waals surface area contributed by atoms with Crippen LogP contribution in [0.25, 0.3) is 0 Å². The zero-order valence-corrected chi connectivity index (χ0v) is 13.0. The minimum atomic E-state index is -0.750. The molecule has 20 heavy (non-hydrogen) atoms. The molecule has 0 radical (unpaired) electrons. The Morgan fingerprint density at radius 2 is 2.05 bits per heavy atom. The van der Waals surface area contributed by atoms with Crippen molar-refractivity contribution < 1.29 is 9.90 Å². The number of hydrogen-bond acceptors (Lipinski definition) is 3. The smallest absolute Gasteiger partial charge is 0.308 e. The molecule has 1 aromatic heterocycles. The van der Waals surface area contributed by atoms with Crippen LogP contribution in [0.3, 0.4) is 0 Å². The minimum absolute atomic E-state index is 0.143. The van der Waals surface area contributed by atoms with Crippen LogP contribution >= 0.6 is 11.3 Å². The van der Waals surface area contributed by atoms with E-state index in [0.717, 1.165) is 17.3 Å². The molecule has 1 aliphatic carbocycles. The highest BCUT2D eigenvalue weighted by Crippen LogP contribution is 2.28. The first-order valence-corrected chi connectivity index (χ1v) is 8.53. The van der Waals surface area contributed by atoms with E-state index in [1.807, 2.05) is 6.07 Å². The monoisotopic (exact) mass is 295 g/mol. The van der Waals surface area contributed by atoms with E-state index in [-0.39, 0.29) is 6.42 Å². The summed E-state index contributed by atoms with van der Waals surface area (Å²) in [6.45, 7) is 3.13. The van der Waals surface area contributed by atoms with Crippen LogP contribution in [0.2, 0.25) is 0 Å². The van der Waals surface area contributed by atoms with E-state index < -0.39 is 5.97 Å². The van der Waals surface area contributed by atoms with E-state index in [9.17, 15) is 4.79 Å². The van der Waals surface area contributed by atoms with Crippen molar-refractivity contribution in [3.05, 3.63) is 21.9 Å². The van der Waals surface area contributed by atoms with Gasteiger partial charge in [0.15, 0.2) is 0 Å². The number of thiophene rings is 1. The summed E-state index contributed by atoms with van der Waals surface area (Å²) in [4.78, 5) is 12.9. The Hall–Kier alpha value is -0.870. The lowest BCUT2D eigenvalue weighted by Gasteiger charge is -2.30. The normalized spacial score (nSPS) is 18.1. The number of aliphatic carboxylic acids is 1. The second kappa shape index (κ2) is 7.79. The Morgan fingerprint density at radius 3 is 2.70 bits per heavy atom. The molecule has 0 spiro atoms. The summed E-state index contributed by atoms with van der Waals surface area (Å²) >= 11 is 1.62. The zero-order chi connectivity index (χ0) is 14.4. The fraction of sp³-hybridized carbons (Fsp3) is 0.688. The Kier molecular flexibility index (Phi) is 6.05. The van der Waals surface area contributed by atoms with Gasteiger partial charge in [0, 0.05) is 22.3 Å². The number of carboxylic acid groups (broad SMARTS) is 1. The molecule has 1 fully saturated rings. The van der Waals surface area contributed by atoms with Gasteiger partial charge in [0.2, 0.25) is 0 Å². The second-order valence-corrected chi connectivity index (χ2v) is 6.99. The van der Waals surface area contributed by atoms with Gasteiger partial charge in [-0.15, -0.1) is 11.3 Å². The fourth-order valence-corrected chi connectivity index (χ4v) is 4.13. The van der Waals surface area contributed by atoms with Crippen LogP contribution in [0.1, 0.15) is 55.2 Å². The molecule has 1 aliphatic rings. The molecule has 0 aromatic carbocycles. The molecule has 112 valence electrons. The van der Waals surface area contributed by atoms with Crippen molar-refractivity contribution in [3.63, 3.8) is 0 Å². The lowest BCUT2D eigenvalue weighted by atomic mass is 9.83. The molecule has 0 aliphatic heterocycles. The van der Waals surface area contributed by atoms with Gasteiger partial charge in [0.1, 0.15) is 0 Å². The molecule has 3 nitrogen and oxygen atoms in total. The molecular formula is C16H25NO2S. The quantitative estimate of drug-likeness (QED) is 0.804. The molecule has 1 atom stereocenters. The SMILES string of the molecule is CCC(NCc1ccc(CC(=O)O)s1)C1CCCCC1. The van der Waals surface area contributed by atoms with Gasteiger partial charge in [0.25, 0.3) is 0 Å². The van der Waals surface area contributed by atoms with Gasteiger partial charge in [-0.3, -0.25) is 4.79 Å². The first-order chi connectivity index (χ1) is 9.69. The minimum Gasteiger partial charge on any atom is -0.481 e. The Labute approximate surface area is 125 Å². The van der Waals surface area contributed by atoms with Crippen molar-refractivity contribution >= 4 is 17.3 Å². The summed E-state index contributed by atoms with van der Waals surface area (Å²) in [5.41, 5.74) is 0. The van der Waals surface area contributed by atoms with Gasteiger partial charge < -0.3 is 10.4 Å². The number of carboxylic acids is 1. The molecule has 0 bridgehead atoms. The summed E-state index contributed by atoms with van der Waals surface area (Å²) in [6, 6.07) is 4.61. The summed E-state index contributed by atoms with van der Waals surface area (Å²) in [5, 5.41) is 12.5. The van der Waals surface area contributed by atoms with Crippen molar-refractivity contribution in [2.24, 2.45) is 5.92 Å². The molecule has 1 heterocycles. The molecule has 0 amide bonds. The van der Waals surface area contributed by atoms with Crippen molar-refractivity contribution in [1.29, 1.82) is 0 Å². The predicted molar refractivity (Wildman–Crippen MR) is 83.2 cm³/mol. The van der Waals surface area contributed by atoms with Gasteiger partial charge in [-0.05, 0) is 37.3 Å². The van der Waals surface area contributed by atoms with E-state index in [4.69, 9.17) is 5.11 Å². The van der Waals surface area contributed by atoms with Crippen LogP contribution in [0, 0.1) is 5.92 Å². The van der Waals surface area contributed by atoms with E-state index in [1.165, 1.54) is 43.4 Å². The Bertz CT molecular complexity index is 424. The van der Waals surface area contributed by atoms with Crippen molar-refractivity contribution in [2.75, 3.05) is 0 Å².